The van der Waals surface area contributed by atoms with E-state index in [4.69, 9.17) is 28.6 Å². The van der Waals surface area contributed by atoms with E-state index >= 15 is 0 Å². The molecule has 2 amide bonds. The van der Waals surface area contributed by atoms with Crippen LogP contribution in [0, 0.1) is 10.1 Å². The Labute approximate surface area is 203 Å². The Morgan fingerprint density at radius 2 is 1.91 bits per heavy atom. The quantitative estimate of drug-likeness (QED) is 0.285. The summed E-state index contributed by atoms with van der Waals surface area (Å²) in [4.78, 5) is 38.6. The molecule has 2 aliphatic heterocycles. The van der Waals surface area contributed by atoms with Crippen molar-refractivity contribution in [1.82, 2.24) is 10.4 Å². The molecule has 0 saturated carbocycles. The molecule has 2 heterocycles. The van der Waals surface area contributed by atoms with Crippen LogP contribution in [0.3, 0.4) is 0 Å². The molecule has 4 rings (SSSR count). The normalized spacial score (nSPS) is 17.5. The lowest BCUT2D eigenvalue weighted by atomic mass is 10.1. The van der Waals surface area contributed by atoms with Gasteiger partial charge < -0.3 is 9.64 Å². The summed E-state index contributed by atoms with van der Waals surface area (Å²) in [5, 5.41) is 12.8. The highest BCUT2D eigenvalue weighted by atomic mass is 35.5. The van der Waals surface area contributed by atoms with E-state index in [1.165, 1.54) is 24.3 Å². The van der Waals surface area contributed by atoms with Gasteiger partial charge in [0.1, 0.15) is 0 Å². The minimum atomic E-state index is -0.522. The number of hydrogen-bond donors (Lipinski definition) is 1. The largest absolute Gasteiger partial charge is 0.378 e. The van der Waals surface area contributed by atoms with Gasteiger partial charge in [-0.15, -0.1) is 0 Å². The van der Waals surface area contributed by atoms with E-state index in [-0.39, 0.29) is 14.9 Å². The minimum Gasteiger partial charge on any atom is -0.378 e. The number of amides is 2. The van der Waals surface area contributed by atoms with Gasteiger partial charge in [0.15, 0.2) is 4.32 Å². The number of benzene rings is 2. The Morgan fingerprint density at radius 3 is 2.58 bits per heavy atom. The van der Waals surface area contributed by atoms with Crippen LogP contribution < -0.4 is 10.3 Å². The lowest BCUT2D eigenvalue weighted by Crippen LogP contribution is -2.44. The zero-order valence-electron chi connectivity index (χ0n) is 17.0. The lowest BCUT2D eigenvalue weighted by Gasteiger charge is -2.30. The van der Waals surface area contributed by atoms with Crippen molar-refractivity contribution in [3.8, 4) is 0 Å². The number of anilines is 1. The third-order valence-electron chi connectivity index (χ3n) is 4.97. The van der Waals surface area contributed by atoms with Crippen molar-refractivity contribution < 1.29 is 19.2 Å². The van der Waals surface area contributed by atoms with E-state index in [0.29, 0.717) is 42.5 Å². The van der Waals surface area contributed by atoms with Crippen LogP contribution in [0.5, 0.6) is 0 Å². The van der Waals surface area contributed by atoms with Crippen molar-refractivity contribution in [3.05, 3.63) is 73.6 Å². The number of carbonyl (C=O) groups excluding carboxylic acids is 2. The first kappa shape index (κ1) is 23.2. The number of morpholine rings is 1. The van der Waals surface area contributed by atoms with Gasteiger partial charge in [-0.25, -0.2) is 0 Å². The van der Waals surface area contributed by atoms with Crippen LogP contribution in [-0.4, -0.2) is 52.4 Å². The molecule has 2 aromatic rings. The Hall–Kier alpha value is -2.99. The number of halogens is 1. The van der Waals surface area contributed by atoms with Gasteiger partial charge in [0.2, 0.25) is 0 Å². The third kappa shape index (κ3) is 5.17. The first-order valence-electron chi connectivity index (χ1n) is 9.79. The number of non-ortho nitro benzene ring substituents is 1. The average molecular weight is 505 g/mol. The van der Waals surface area contributed by atoms with Crippen LogP contribution in [0.2, 0.25) is 5.02 Å². The summed E-state index contributed by atoms with van der Waals surface area (Å²) >= 11 is 12.1. The zero-order valence-corrected chi connectivity index (χ0v) is 19.4. The van der Waals surface area contributed by atoms with Crippen LogP contribution in [0.15, 0.2) is 47.4 Å². The number of carbonyl (C=O) groups is 2. The number of hydrogen-bond acceptors (Lipinski definition) is 8. The number of nitrogens with zero attached hydrogens (tertiary/aromatic N) is 3. The number of nitro groups is 1. The number of nitrogens with one attached hydrogen (secondary N) is 1. The van der Waals surface area contributed by atoms with Crippen LogP contribution >= 0.6 is 35.6 Å². The molecule has 0 aromatic heterocycles. The molecule has 0 aliphatic carbocycles. The summed E-state index contributed by atoms with van der Waals surface area (Å²) in [6.07, 6.45) is 1.56. The molecule has 33 heavy (non-hydrogen) atoms. The summed E-state index contributed by atoms with van der Waals surface area (Å²) in [7, 11) is 0. The van der Waals surface area contributed by atoms with E-state index in [2.05, 4.69) is 5.43 Å². The summed E-state index contributed by atoms with van der Waals surface area (Å²) < 4.78 is 5.53. The predicted molar refractivity (Wildman–Crippen MR) is 130 cm³/mol. The van der Waals surface area contributed by atoms with Gasteiger partial charge in [0.25, 0.3) is 17.5 Å². The van der Waals surface area contributed by atoms with E-state index in [9.17, 15) is 19.7 Å². The molecule has 0 spiro atoms. The molecule has 0 unspecified atom stereocenters. The van der Waals surface area contributed by atoms with Crippen molar-refractivity contribution in [2.45, 2.75) is 0 Å². The summed E-state index contributed by atoms with van der Waals surface area (Å²) in [6, 6.07) is 10.7. The van der Waals surface area contributed by atoms with Crippen molar-refractivity contribution in [2.75, 3.05) is 31.2 Å². The predicted octanol–water partition coefficient (Wildman–Crippen LogP) is 3.63. The fraction of sp³-hybridized carbons (Fsp3) is 0.190. The second-order valence-electron chi connectivity index (χ2n) is 7.06. The molecule has 2 saturated heterocycles. The number of nitro benzene ring substituents is 1. The van der Waals surface area contributed by atoms with Gasteiger partial charge in [-0.05, 0) is 48.6 Å². The Bertz CT molecular complexity index is 1170. The molecule has 12 heteroatoms. The van der Waals surface area contributed by atoms with Gasteiger partial charge in [-0.2, -0.15) is 5.01 Å². The van der Waals surface area contributed by atoms with Crippen LogP contribution in [0.1, 0.15) is 15.9 Å². The summed E-state index contributed by atoms with van der Waals surface area (Å²) in [5.74, 6) is -1.04. The number of hydrazine groups is 1. The topological polar surface area (TPSA) is 105 Å². The standard InChI is InChI=1S/C21H17ClN4O5S2/c22-15-3-1-13(2-4-15)19(27)23-25-20(28)18(33-21(25)32)12-14-11-16(26(29)30)5-6-17(14)24-7-9-31-10-8-24/h1-6,11-12H,7-10H2,(H,23,27)/b18-12-. The van der Waals surface area contributed by atoms with Crippen LogP contribution in [-0.2, 0) is 9.53 Å². The van der Waals surface area contributed by atoms with Crippen LogP contribution in [0.4, 0.5) is 11.4 Å². The fourth-order valence-corrected chi connectivity index (χ4v) is 4.63. The highest BCUT2D eigenvalue weighted by Crippen LogP contribution is 2.35. The maximum Gasteiger partial charge on any atom is 0.285 e. The van der Waals surface area contributed by atoms with E-state index in [1.807, 2.05) is 4.90 Å². The molecule has 2 aromatic carbocycles. The molecule has 0 bridgehead atoms. The van der Waals surface area contributed by atoms with Crippen molar-refractivity contribution in [1.29, 1.82) is 0 Å². The molecule has 1 N–H and O–H groups in total. The SMILES string of the molecule is O=C(NN1C(=O)/C(=C/c2cc([N+](=O)[O-])ccc2N2CCOCC2)SC1=S)c1ccc(Cl)cc1. The first-order valence-corrected chi connectivity index (χ1v) is 11.4. The molecule has 170 valence electrons. The number of thioether (sulfide) groups is 1. The van der Waals surface area contributed by atoms with Gasteiger partial charge in [0.05, 0.1) is 23.0 Å². The lowest BCUT2D eigenvalue weighted by molar-refractivity contribution is -0.384. The minimum absolute atomic E-state index is 0.0928. The molecule has 0 radical (unpaired) electrons. The molecule has 0 atom stereocenters. The van der Waals surface area contributed by atoms with Gasteiger partial charge >= 0.3 is 0 Å². The van der Waals surface area contributed by atoms with Gasteiger partial charge in [-0.3, -0.25) is 25.1 Å². The first-order chi connectivity index (χ1) is 15.8. The molecule has 2 aliphatic rings. The average Bonchev–Trinajstić information content (AvgIpc) is 3.07. The molecular formula is C21H17ClN4O5S2. The van der Waals surface area contributed by atoms with Gasteiger partial charge in [-0.1, -0.05) is 23.4 Å². The Morgan fingerprint density at radius 1 is 1.21 bits per heavy atom. The number of rotatable bonds is 5. The van der Waals surface area contributed by atoms with Crippen molar-refractivity contribution in [2.24, 2.45) is 0 Å². The maximum absolute atomic E-state index is 13.0. The molecule has 2 fully saturated rings. The Kier molecular flexibility index (Phi) is 6.94. The maximum atomic E-state index is 13.0. The van der Waals surface area contributed by atoms with E-state index in [0.717, 1.165) is 22.5 Å². The van der Waals surface area contributed by atoms with Gasteiger partial charge in [0, 0.05) is 47.1 Å². The summed E-state index contributed by atoms with van der Waals surface area (Å²) in [6.45, 7) is 2.32. The summed E-state index contributed by atoms with van der Waals surface area (Å²) in [5.41, 5.74) is 3.98. The van der Waals surface area contributed by atoms with E-state index in [1.54, 1.807) is 24.3 Å². The van der Waals surface area contributed by atoms with Crippen molar-refractivity contribution >= 4 is 69.2 Å². The zero-order chi connectivity index (χ0) is 23.5. The van der Waals surface area contributed by atoms with E-state index < -0.39 is 16.7 Å². The van der Waals surface area contributed by atoms with Crippen molar-refractivity contribution in [3.63, 3.8) is 0 Å². The second kappa shape index (κ2) is 9.87. The monoisotopic (exact) mass is 504 g/mol. The molecular weight excluding hydrogens is 488 g/mol. The highest BCUT2D eigenvalue weighted by Gasteiger charge is 2.34. The number of ether oxygens (including phenoxy) is 1. The highest BCUT2D eigenvalue weighted by molar-refractivity contribution is 8.26. The Balaban J connectivity index is 1.61. The molecule has 9 nitrogen and oxygen atoms in total. The fourth-order valence-electron chi connectivity index (χ4n) is 3.34. The smallest absolute Gasteiger partial charge is 0.285 e. The van der Waals surface area contributed by atoms with Crippen LogP contribution in [0.25, 0.3) is 6.08 Å². The third-order valence-corrected chi connectivity index (χ3v) is 6.53. The number of thiocarbonyl (C=S) groups is 1. The second-order valence-corrected chi connectivity index (χ2v) is 9.18.